The monoisotopic (exact) mass is 341 g/mol. The van der Waals surface area contributed by atoms with Crippen LogP contribution in [0.25, 0.3) is 6.08 Å². The van der Waals surface area contributed by atoms with Crippen molar-refractivity contribution >= 4 is 17.9 Å². The van der Waals surface area contributed by atoms with Crippen LogP contribution in [0.2, 0.25) is 0 Å². The summed E-state index contributed by atoms with van der Waals surface area (Å²) in [5.41, 5.74) is 1.22. The molecule has 2 aliphatic rings. The quantitative estimate of drug-likeness (QED) is 0.888. The molecule has 2 saturated heterocycles. The standard InChI is InChI=1S/C20H27N3O2/c1-21-15-19(25)22-12-9-20(10-13-22)14-18(24)23(16-20)11-5-8-17-6-3-2-4-7-17/h2-8,21H,9-16H2,1H3/b8-5+. The minimum Gasteiger partial charge on any atom is -0.342 e. The van der Waals surface area contributed by atoms with Crippen molar-refractivity contribution in [3.63, 3.8) is 0 Å². The molecule has 1 aromatic rings. The van der Waals surface area contributed by atoms with Gasteiger partial charge in [-0.1, -0.05) is 42.5 Å². The molecule has 2 amide bonds. The fourth-order valence-electron chi connectivity index (χ4n) is 3.86. The zero-order valence-corrected chi connectivity index (χ0v) is 14.9. The third-order valence-electron chi connectivity index (χ3n) is 5.35. The SMILES string of the molecule is CNCC(=O)N1CCC2(CC1)CC(=O)N(C/C=C/c1ccccc1)C2. The lowest BCUT2D eigenvalue weighted by Gasteiger charge is -2.38. The number of piperidine rings is 1. The van der Waals surface area contributed by atoms with E-state index in [0.717, 1.165) is 38.0 Å². The molecule has 5 nitrogen and oxygen atoms in total. The van der Waals surface area contributed by atoms with E-state index in [2.05, 4.69) is 29.6 Å². The topological polar surface area (TPSA) is 52.7 Å². The van der Waals surface area contributed by atoms with Crippen molar-refractivity contribution in [1.29, 1.82) is 0 Å². The molecule has 0 saturated carbocycles. The van der Waals surface area contributed by atoms with E-state index in [1.165, 1.54) is 0 Å². The van der Waals surface area contributed by atoms with Gasteiger partial charge in [-0.15, -0.1) is 0 Å². The molecule has 5 heteroatoms. The first-order chi connectivity index (χ1) is 12.1. The van der Waals surface area contributed by atoms with Crippen LogP contribution in [0, 0.1) is 5.41 Å². The first-order valence-corrected chi connectivity index (χ1v) is 9.04. The van der Waals surface area contributed by atoms with E-state index in [-0.39, 0.29) is 17.2 Å². The Bertz CT molecular complexity index is 634. The summed E-state index contributed by atoms with van der Waals surface area (Å²) in [6.45, 7) is 3.40. The third kappa shape index (κ3) is 4.28. The lowest BCUT2D eigenvalue weighted by molar-refractivity contribution is -0.132. The van der Waals surface area contributed by atoms with Gasteiger partial charge < -0.3 is 15.1 Å². The number of hydrogen-bond donors (Lipinski definition) is 1. The molecule has 134 valence electrons. The fourth-order valence-corrected chi connectivity index (χ4v) is 3.86. The van der Waals surface area contributed by atoms with E-state index in [1.807, 2.05) is 28.0 Å². The van der Waals surface area contributed by atoms with Gasteiger partial charge in [-0.3, -0.25) is 9.59 Å². The Morgan fingerprint density at radius 3 is 2.64 bits per heavy atom. The van der Waals surface area contributed by atoms with Crippen molar-refractivity contribution in [3.8, 4) is 0 Å². The van der Waals surface area contributed by atoms with Gasteiger partial charge >= 0.3 is 0 Å². The Morgan fingerprint density at radius 2 is 1.96 bits per heavy atom. The minimum atomic E-state index is 0.0636. The van der Waals surface area contributed by atoms with Crippen LogP contribution < -0.4 is 5.32 Å². The lowest BCUT2D eigenvalue weighted by atomic mass is 9.77. The van der Waals surface area contributed by atoms with Gasteiger partial charge in [-0.25, -0.2) is 0 Å². The maximum absolute atomic E-state index is 12.4. The highest BCUT2D eigenvalue weighted by Gasteiger charge is 2.44. The summed E-state index contributed by atoms with van der Waals surface area (Å²) in [6.07, 6.45) is 6.61. The largest absolute Gasteiger partial charge is 0.342 e. The normalized spacial score (nSPS) is 20.0. The second-order valence-corrected chi connectivity index (χ2v) is 7.18. The van der Waals surface area contributed by atoms with Crippen molar-refractivity contribution in [2.24, 2.45) is 5.41 Å². The number of rotatable bonds is 5. The summed E-state index contributed by atoms with van der Waals surface area (Å²) in [5, 5.41) is 2.92. The van der Waals surface area contributed by atoms with Crippen LogP contribution in [0.5, 0.6) is 0 Å². The van der Waals surface area contributed by atoms with Crippen molar-refractivity contribution in [1.82, 2.24) is 15.1 Å². The maximum atomic E-state index is 12.4. The molecule has 2 heterocycles. The van der Waals surface area contributed by atoms with Gasteiger partial charge in [0.1, 0.15) is 0 Å². The van der Waals surface area contributed by atoms with Crippen LogP contribution in [-0.2, 0) is 9.59 Å². The molecule has 0 aliphatic carbocycles. The van der Waals surface area contributed by atoms with Crippen molar-refractivity contribution in [2.45, 2.75) is 19.3 Å². The highest BCUT2D eigenvalue weighted by molar-refractivity contribution is 5.80. The van der Waals surface area contributed by atoms with Gasteiger partial charge in [0, 0.05) is 38.0 Å². The van der Waals surface area contributed by atoms with Gasteiger partial charge in [0.25, 0.3) is 0 Å². The average molecular weight is 341 g/mol. The Balaban J connectivity index is 1.52. The number of nitrogens with one attached hydrogen (secondary N) is 1. The van der Waals surface area contributed by atoms with Crippen LogP contribution in [0.4, 0.5) is 0 Å². The van der Waals surface area contributed by atoms with E-state index >= 15 is 0 Å². The van der Waals surface area contributed by atoms with E-state index in [1.54, 1.807) is 7.05 Å². The first-order valence-electron chi connectivity index (χ1n) is 9.04. The molecule has 0 bridgehead atoms. The molecule has 2 fully saturated rings. The van der Waals surface area contributed by atoms with Crippen LogP contribution in [-0.4, -0.2) is 61.4 Å². The predicted molar refractivity (Wildman–Crippen MR) is 98.8 cm³/mol. The summed E-state index contributed by atoms with van der Waals surface area (Å²) in [5.74, 6) is 0.400. The predicted octanol–water partition coefficient (Wildman–Crippen LogP) is 1.76. The summed E-state index contributed by atoms with van der Waals surface area (Å²) in [4.78, 5) is 28.3. The molecule has 0 unspecified atom stereocenters. The number of carbonyl (C=O) groups is 2. The zero-order chi connectivity index (χ0) is 17.7. The van der Waals surface area contributed by atoms with Crippen LogP contribution in [0.15, 0.2) is 36.4 Å². The van der Waals surface area contributed by atoms with Crippen molar-refractivity contribution < 1.29 is 9.59 Å². The fraction of sp³-hybridized carbons (Fsp3) is 0.500. The van der Waals surface area contributed by atoms with Gasteiger partial charge in [0.2, 0.25) is 11.8 Å². The van der Waals surface area contributed by atoms with E-state index in [9.17, 15) is 9.59 Å². The van der Waals surface area contributed by atoms with Crippen molar-refractivity contribution in [2.75, 3.05) is 39.8 Å². The molecule has 3 rings (SSSR count). The number of nitrogens with zero attached hydrogens (tertiary/aromatic N) is 2. The summed E-state index contributed by atoms with van der Waals surface area (Å²) >= 11 is 0. The van der Waals surface area contributed by atoms with E-state index < -0.39 is 0 Å². The molecular formula is C20H27N3O2. The maximum Gasteiger partial charge on any atom is 0.236 e. The summed E-state index contributed by atoms with van der Waals surface area (Å²) < 4.78 is 0. The lowest BCUT2D eigenvalue weighted by Crippen LogP contribution is -2.46. The molecule has 0 radical (unpaired) electrons. The zero-order valence-electron chi connectivity index (χ0n) is 14.9. The minimum absolute atomic E-state index is 0.0636. The number of likely N-dealkylation sites (N-methyl/N-ethyl adjacent to an activating group) is 1. The smallest absolute Gasteiger partial charge is 0.236 e. The van der Waals surface area contributed by atoms with Gasteiger partial charge in [-0.05, 0) is 25.5 Å². The molecule has 25 heavy (non-hydrogen) atoms. The van der Waals surface area contributed by atoms with Gasteiger partial charge in [0.05, 0.1) is 6.54 Å². The number of benzene rings is 1. The van der Waals surface area contributed by atoms with Gasteiger partial charge in [0.15, 0.2) is 0 Å². The Kier molecular flexibility index (Phi) is 5.53. The average Bonchev–Trinajstić information content (AvgIpc) is 2.92. The molecule has 1 aromatic carbocycles. The van der Waals surface area contributed by atoms with Crippen LogP contribution >= 0.6 is 0 Å². The summed E-state index contributed by atoms with van der Waals surface area (Å²) in [6, 6.07) is 10.1. The van der Waals surface area contributed by atoms with E-state index in [0.29, 0.717) is 19.5 Å². The molecule has 0 atom stereocenters. The van der Waals surface area contributed by atoms with Crippen LogP contribution in [0.1, 0.15) is 24.8 Å². The Morgan fingerprint density at radius 1 is 1.24 bits per heavy atom. The molecule has 2 aliphatic heterocycles. The van der Waals surface area contributed by atoms with Gasteiger partial charge in [-0.2, -0.15) is 0 Å². The molecule has 0 aromatic heterocycles. The highest BCUT2D eigenvalue weighted by Crippen LogP contribution is 2.40. The molecular weight excluding hydrogens is 314 g/mol. The number of amides is 2. The molecule has 1 N–H and O–H groups in total. The third-order valence-corrected chi connectivity index (χ3v) is 5.35. The first kappa shape index (κ1) is 17.7. The van der Waals surface area contributed by atoms with Crippen molar-refractivity contribution in [3.05, 3.63) is 42.0 Å². The number of carbonyl (C=O) groups excluding carboxylic acids is 2. The second-order valence-electron chi connectivity index (χ2n) is 7.18. The molecule has 1 spiro atoms. The summed E-state index contributed by atoms with van der Waals surface area (Å²) in [7, 11) is 1.79. The number of likely N-dealkylation sites (tertiary alicyclic amines) is 2. The Labute approximate surface area is 149 Å². The number of hydrogen-bond acceptors (Lipinski definition) is 3. The van der Waals surface area contributed by atoms with E-state index in [4.69, 9.17) is 0 Å². The van der Waals surface area contributed by atoms with Crippen LogP contribution in [0.3, 0.4) is 0 Å². The Hall–Kier alpha value is -2.14. The highest BCUT2D eigenvalue weighted by atomic mass is 16.2. The second kappa shape index (κ2) is 7.83.